The van der Waals surface area contributed by atoms with Gasteiger partial charge in [0.25, 0.3) is 5.91 Å². The molecule has 2 heterocycles. The largest absolute Gasteiger partial charge is 0.393 e. The predicted molar refractivity (Wildman–Crippen MR) is 124 cm³/mol. The molecule has 8 nitrogen and oxygen atoms in total. The van der Waals surface area contributed by atoms with Gasteiger partial charge >= 0.3 is 0 Å². The summed E-state index contributed by atoms with van der Waals surface area (Å²) in [5.74, 6) is 0.885. The molecule has 0 aromatic carbocycles. The Bertz CT molecular complexity index is 734. The van der Waals surface area contributed by atoms with E-state index in [2.05, 4.69) is 20.5 Å². The van der Waals surface area contributed by atoms with Gasteiger partial charge in [-0.1, -0.05) is 25.7 Å². The molecule has 1 aliphatic heterocycles. The topological polar surface area (TPSA) is 99.6 Å². The van der Waals surface area contributed by atoms with E-state index in [1.54, 1.807) is 6.20 Å². The highest BCUT2D eigenvalue weighted by atomic mass is 16.5. The Kier molecular flexibility index (Phi) is 8.70. The Morgan fingerprint density at radius 3 is 2.62 bits per heavy atom. The molecule has 32 heavy (non-hydrogen) atoms. The van der Waals surface area contributed by atoms with E-state index >= 15 is 0 Å². The van der Waals surface area contributed by atoms with Gasteiger partial charge in [0, 0.05) is 44.3 Å². The van der Waals surface area contributed by atoms with Crippen molar-refractivity contribution in [1.29, 1.82) is 0 Å². The summed E-state index contributed by atoms with van der Waals surface area (Å²) in [5.41, 5.74) is 1.52. The molecule has 0 unspecified atom stereocenters. The van der Waals surface area contributed by atoms with E-state index in [0.717, 1.165) is 96.5 Å². The number of aromatic nitrogens is 2. The van der Waals surface area contributed by atoms with Crippen LogP contribution >= 0.6 is 0 Å². The Labute approximate surface area is 191 Å². The van der Waals surface area contributed by atoms with Crippen molar-refractivity contribution < 1.29 is 14.6 Å². The third-order valence-electron chi connectivity index (χ3n) is 7.14. The van der Waals surface area contributed by atoms with E-state index < -0.39 is 0 Å². The van der Waals surface area contributed by atoms with E-state index in [4.69, 9.17) is 9.72 Å². The highest BCUT2D eigenvalue weighted by Crippen LogP contribution is 2.35. The molecular weight excluding hydrogens is 406 g/mol. The van der Waals surface area contributed by atoms with E-state index in [-0.39, 0.29) is 18.1 Å². The van der Waals surface area contributed by atoms with Crippen LogP contribution < -0.4 is 10.6 Å². The van der Waals surface area contributed by atoms with Gasteiger partial charge in [0.1, 0.15) is 0 Å². The minimum atomic E-state index is -0.241. The van der Waals surface area contributed by atoms with Gasteiger partial charge in [-0.25, -0.2) is 9.97 Å². The summed E-state index contributed by atoms with van der Waals surface area (Å²) in [6.45, 7) is 5.24. The van der Waals surface area contributed by atoms with Crippen LogP contribution in [0.2, 0.25) is 0 Å². The average Bonchev–Trinajstić information content (AvgIpc) is 3.34. The van der Waals surface area contributed by atoms with Crippen molar-refractivity contribution in [3.05, 3.63) is 17.5 Å². The van der Waals surface area contributed by atoms with Crippen LogP contribution in [0.1, 0.15) is 86.2 Å². The maximum atomic E-state index is 13.2. The number of aliphatic hydroxyl groups is 1. The fourth-order valence-electron chi connectivity index (χ4n) is 5.18. The number of hydrogen-bond donors (Lipinski definition) is 3. The fraction of sp³-hybridized carbons (Fsp3) is 0.792. The van der Waals surface area contributed by atoms with Crippen LogP contribution in [-0.2, 0) is 4.74 Å². The summed E-state index contributed by atoms with van der Waals surface area (Å²) < 4.78 is 5.41. The molecule has 1 amide bonds. The zero-order valence-corrected chi connectivity index (χ0v) is 19.2. The third kappa shape index (κ3) is 6.62. The third-order valence-corrected chi connectivity index (χ3v) is 7.14. The number of nitrogens with one attached hydrogen (secondary N) is 2. The summed E-state index contributed by atoms with van der Waals surface area (Å²) in [6, 6.07) is 0.111. The van der Waals surface area contributed by atoms with E-state index in [9.17, 15) is 9.90 Å². The number of carbonyl (C=O) groups is 1. The van der Waals surface area contributed by atoms with E-state index in [1.165, 1.54) is 12.8 Å². The molecule has 0 spiro atoms. The van der Waals surface area contributed by atoms with E-state index in [0.29, 0.717) is 17.4 Å². The number of rotatable bonds is 7. The van der Waals surface area contributed by atoms with Crippen LogP contribution in [0.25, 0.3) is 0 Å². The van der Waals surface area contributed by atoms with Crippen molar-refractivity contribution in [3.63, 3.8) is 0 Å². The smallest absolute Gasteiger partial charge is 0.254 e. The van der Waals surface area contributed by atoms with Crippen LogP contribution in [0.5, 0.6) is 0 Å². The maximum absolute atomic E-state index is 13.2. The molecule has 3 fully saturated rings. The quantitative estimate of drug-likeness (QED) is 0.593. The molecule has 1 aromatic rings. The summed E-state index contributed by atoms with van der Waals surface area (Å²) in [5, 5.41) is 16.6. The molecular formula is C24H39N5O3. The Morgan fingerprint density at radius 2 is 1.81 bits per heavy atom. The lowest BCUT2D eigenvalue weighted by atomic mass is 9.94. The number of aliphatic hydroxyl groups excluding tert-OH is 1. The van der Waals surface area contributed by atoms with Crippen molar-refractivity contribution in [2.24, 2.45) is 0 Å². The number of hydrogen-bond acceptors (Lipinski definition) is 7. The number of anilines is 1. The van der Waals surface area contributed by atoms with Crippen molar-refractivity contribution in [3.8, 4) is 0 Å². The first-order chi connectivity index (χ1) is 15.7. The molecule has 178 valence electrons. The molecule has 8 heteroatoms. The van der Waals surface area contributed by atoms with Crippen molar-refractivity contribution in [2.75, 3.05) is 44.7 Å². The summed E-state index contributed by atoms with van der Waals surface area (Å²) in [7, 11) is 0. The normalized spacial score (nSPS) is 25.8. The molecule has 0 radical (unpaired) electrons. The standard InChI is InChI=1S/C24H39N5O3/c30-20-8-4-3-7-19(9-10-20)27-23(31)21-17-26-24(28-22(21)18-5-1-2-6-18)25-11-12-29-13-15-32-16-14-29/h17-20,30H,1-16H2,(H,27,31)(H,25,26,28)/t19-,20+/m1/s1. The number of amides is 1. The van der Waals surface area contributed by atoms with Gasteiger partial charge in [-0.3, -0.25) is 9.69 Å². The monoisotopic (exact) mass is 445 g/mol. The lowest BCUT2D eigenvalue weighted by Crippen LogP contribution is -2.39. The number of ether oxygens (including phenoxy) is 1. The van der Waals surface area contributed by atoms with Crippen LogP contribution in [0.15, 0.2) is 6.20 Å². The first kappa shape index (κ1) is 23.4. The second-order valence-electron chi connectivity index (χ2n) is 9.54. The summed E-state index contributed by atoms with van der Waals surface area (Å²) in [4.78, 5) is 24.9. The first-order valence-electron chi connectivity index (χ1n) is 12.6. The highest BCUT2D eigenvalue weighted by molar-refractivity contribution is 5.95. The minimum absolute atomic E-state index is 0.0631. The number of nitrogens with zero attached hydrogens (tertiary/aromatic N) is 3. The van der Waals surface area contributed by atoms with E-state index in [1.807, 2.05) is 0 Å². The highest BCUT2D eigenvalue weighted by Gasteiger charge is 2.27. The van der Waals surface area contributed by atoms with Crippen LogP contribution in [0.4, 0.5) is 5.95 Å². The van der Waals surface area contributed by atoms with Crippen LogP contribution in [-0.4, -0.2) is 77.4 Å². The minimum Gasteiger partial charge on any atom is -0.393 e. The Hall–Kier alpha value is -1.77. The zero-order valence-electron chi connectivity index (χ0n) is 19.2. The molecule has 0 bridgehead atoms. The molecule has 2 saturated carbocycles. The lowest BCUT2D eigenvalue weighted by Gasteiger charge is -2.26. The van der Waals surface area contributed by atoms with Crippen molar-refractivity contribution >= 4 is 11.9 Å². The number of morpholine rings is 1. The molecule has 2 aliphatic carbocycles. The molecule has 4 rings (SSSR count). The molecule has 3 N–H and O–H groups in total. The Morgan fingerprint density at radius 1 is 1.06 bits per heavy atom. The first-order valence-corrected chi connectivity index (χ1v) is 12.6. The zero-order chi connectivity index (χ0) is 22.2. The van der Waals surface area contributed by atoms with Crippen molar-refractivity contribution in [1.82, 2.24) is 20.2 Å². The van der Waals surface area contributed by atoms with Gasteiger partial charge in [-0.05, 0) is 38.5 Å². The molecule has 1 saturated heterocycles. The SMILES string of the molecule is O=C(N[C@@H]1CCCC[C@H](O)CC1)c1cnc(NCCN2CCOCC2)nc1C1CCCC1. The van der Waals surface area contributed by atoms with Gasteiger partial charge < -0.3 is 20.5 Å². The van der Waals surface area contributed by atoms with Gasteiger partial charge in [-0.2, -0.15) is 0 Å². The van der Waals surface area contributed by atoms with Gasteiger partial charge in [0.05, 0.1) is 30.6 Å². The second kappa shape index (κ2) is 11.9. The van der Waals surface area contributed by atoms with Crippen molar-refractivity contribution in [2.45, 2.75) is 82.3 Å². The van der Waals surface area contributed by atoms with Gasteiger partial charge in [-0.15, -0.1) is 0 Å². The maximum Gasteiger partial charge on any atom is 0.254 e. The predicted octanol–water partition coefficient (Wildman–Crippen LogP) is 2.69. The van der Waals surface area contributed by atoms with Gasteiger partial charge in [0.2, 0.25) is 5.95 Å². The van der Waals surface area contributed by atoms with Crippen LogP contribution in [0, 0.1) is 0 Å². The van der Waals surface area contributed by atoms with Gasteiger partial charge in [0.15, 0.2) is 0 Å². The number of carbonyl (C=O) groups excluding carboxylic acids is 1. The second-order valence-corrected chi connectivity index (χ2v) is 9.54. The van der Waals surface area contributed by atoms with Crippen LogP contribution in [0.3, 0.4) is 0 Å². The lowest BCUT2D eigenvalue weighted by molar-refractivity contribution is 0.0398. The molecule has 1 aromatic heterocycles. The Balaban J connectivity index is 1.40. The molecule has 2 atom stereocenters. The molecule has 3 aliphatic rings. The fourth-order valence-corrected chi connectivity index (χ4v) is 5.18. The summed E-state index contributed by atoms with van der Waals surface area (Å²) >= 11 is 0. The summed E-state index contributed by atoms with van der Waals surface area (Å²) in [6.07, 6.45) is 11.5. The average molecular weight is 446 g/mol.